The summed E-state index contributed by atoms with van der Waals surface area (Å²) in [4.78, 5) is 0. The van der Waals surface area contributed by atoms with Crippen molar-refractivity contribution < 1.29 is 10.2 Å². The summed E-state index contributed by atoms with van der Waals surface area (Å²) >= 11 is 4.30. The lowest BCUT2D eigenvalue weighted by atomic mass is 9.86. The van der Waals surface area contributed by atoms with E-state index in [0.29, 0.717) is 22.0 Å². The van der Waals surface area contributed by atoms with Crippen LogP contribution >= 0.6 is 23.5 Å². The summed E-state index contributed by atoms with van der Waals surface area (Å²) in [7, 11) is -10.2. The van der Waals surface area contributed by atoms with Crippen LogP contribution < -0.4 is 10.4 Å². The molecule has 0 aromatic heterocycles. The molecular formula is C48H96O2S2Si8. The van der Waals surface area contributed by atoms with E-state index in [1.165, 1.54) is 71.2 Å². The summed E-state index contributed by atoms with van der Waals surface area (Å²) in [5.74, 6) is 3.12. The van der Waals surface area contributed by atoms with Crippen LogP contribution in [0.4, 0.5) is 0 Å². The van der Waals surface area contributed by atoms with Crippen LogP contribution in [-0.4, -0.2) is 79.5 Å². The third-order valence-electron chi connectivity index (χ3n) is 14.7. The minimum atomic E-state index is -2.05. The first-order valence-corrected chi connectivity index (χ1v) is 56.8. The molecule has 0 radical (unpaired) electrons. The van der Waals surface area contributed by atoms with Crippen LogP contribution in [0.15, 0.2) is 24.3 Å². The van der Waals surface area contributed by atoms with Gasteiger partial charge in [0.1, 0.15) is 11.5 Å². The van der Waals surface area contributed by atoms with Crippen molar-refractivity contribution in [3.8, 4) is 11.5 Å². The standard InChI is InChI=1S/C48H96O2S2Si8/c1-47(2,3)39-31-37(45(49)43(33-39)59(53(7,8)9,54(10,11)12)55(13,14)15)35-51-41-29-27-25-26-28-30-42(41)52-36-38-32-40(48(4,5)6)34-44(46(38)50)60(56(16,17)18,57(19,20)21)58(22,23)24/h31-34,41-42,49-50H,25-30,35-36H2,1-24H3/t41-,42-/m0/s1. The van der Waals surface area contributed by atoms with E-state index in [2.05, 4.69) is 207 Å². The van der Waals surface area contributed by atoms with Crippen LogP contribution in [0.1, 0.15) is 102 Å². The van der Waals surface area contributed by atoms with E-state index in [4.69, 9.17) is 0 Å². The average molecular weight is 994 g/mol. The van der Waals surface area contributed by atoms with Gasteiger partial charge >= 0.3 is 0 Å². The smallest absolute Gasteiger partial charge is 0.118 e. The zero-order chi connectivity index (χ0) is 46.7. The number of rotatable bonds is 14. The summed E-state index contributed by atoms with van der Waals surface area (Å²) in [5, 5.41) is 29.6. The molecule has 0 bridgehead atoms. The molecule has 0 heterocycles. The number of hydrogen-bond donors (Lipinski definition) is 2. The molecule has 0 saturated heterocycles. The first kappa shape index (κ1) is 54.8. The van der Waals surface area contributed by atoms with Gasteiger partial charge < -0.3 is 10.2 Å². The second-order valence-corrected chi connectivity index (χ2v) is 110. The highest BCUT2D eigenvalue weighted by atomic mass is 32.2. The maximum absolute atomic E-state index is 12.8. The highest BCUT2D eigenvalue weighted by Crippen LogP contribution is 2.45. The molecule has 3 rings (SSSR count). The summed E-state index contributed by atoms with van der Waals surface area (Å²) in [5.41, 5.74) is 5.27. The lowest BCUT2D eigenvalue weighted by molar-refractivity contribution is 0.472. The van der Waals surface area contributed by atoms with E-state index < -0.39 is 58.8 Å². The molecule has 0 aliphatic heterocycles. The molecule has 1 saturated carbocycles. The van der Waals surface area contributed by atoms with E-state index in [1.807, 2.05) is 0 Å². The van der Waals surface area contributed by atoms with Gasteiger partial charge in [-0.15, -0.1) is 0 Å². The Morgan fingerprint density at radius 1 is 0.433 bits per heavy atom. The summed E-state index contributed by atoms with van der Waals surface area (Å²) in [6.07, 6.45) is 7.71. The van der Waals surface area contributed by atoms with Crippen molar-refractivity contribution in [1.29, 1.82) is 0 Å². The predicted octanol–water partition coefficient (Wildman–Crippen LogP) is 14.8. The first-order chi connectivity index (χ1) is 26.7. The Morgan fingerprint density at radius 3 is 0.900 bits per heavy atom. The fourth-order valence-corrected chi connectivity index (χ4v) is 218. The maximum Gasteiger partial charge on any atom is 0.118 e. The molecule has 60 heavy (non-hydrogen) atoms. The molecule has 2 atom stereocenters. The zero-order valence-corrected chi connectivity index (χ0v) is 53.5. The fourth-order valence-electron chi connectivity index (χ4n) is 14.4. The van der Waals surface area contributed by atoms with E-state index in [1.54, 1.807) is 0 Å². The highest BCUT2D eigenvalue weighted by Gasteiger charge is 2.65. The number of benzene rings is 2. The first-order valence-electron chi connectivity index (χ1n) is 23.7. The van der Waals surface area contributed by atoms with Crippen LogP contribution in [0, 0.1) is 0 Å². The predicted molar refractivity (Wildman–Crippen MR) is 302 cm³/mol. The zero-order valence-electron chi connectivity index (χ0n) is 43.8. The molecule has 2 aromatic rings. The summed E-state index contributed by atoms with van der Waals surface area (Å²) < 4.78 is 0. The van der Waals surface area contributed by atoms with E-state index in [-0.39, 0.29) is 10.8 Å². The average Bonchev–Trinajstić information content (AvgIpc) is 2.98. The van der Waals surface area contributed by atoms with E-state index in [0.717, 1.165) is 11.5 Å². The number of hydrogen-bond acceptors (Lipinski definition) is 4. The molecule has 1 aliphatic rings. The molecule has 2 aromatic carbocycles. The van der Waals surface area contributed by atoms with Crippen molar-refractivity contribution in [2.45, 2.75) is 231 Å². The minimum Gasteiger partial charge on any atom is -0.508 e. The Hall–Kier alpha value is 0.475. The molecule has 344 valence electrons. The van der Waals surface area contributed by atoms with Crippen molar-refractivity contribution in [2.24, 2.45) is 0 Å². The fraction of sp³-hybridized carbons (Fsp3) is 0.750. The Labute approximate surface area is 388 Å². The van der Waals surface area contributed by atoms with Gasteiger partial charge in [-0.3, -0.25) is 0 Å². The van der Waals surface area contributed by atoms with Crippen molar-refractivity contribution in [1.82, 2.24) is 0 Å². The van der Waals surface area contributed by atoms with Gasteiger partial charge in [-0.25, -0.2) is 0 Å². The van der Waals surface area contributed by atoms with Crippen LogP contribution in [0.25, 0.3) is 0 Å². The molecule has 0 unspecified atom stereocenters. The summed E-state index contributed by atoms with van der Waals surface area (Å²) in [6.45, 7) is 58.0. The van der Waals surface area contributed by atoms with Crippen LogP contribution in [-0.2, 0) is 22.3 Å². The third kappa shape index (κ3) is 10.8. The summed E-state index contributed by atoms with van der Waals surface area (Å²) in [6, 6.07) is 9.93. The van der Waals surface area contributed by atoms with Gasteiger partial charge in [0.25, 0.3) is 0 Å². The Morgan fingerprint density at radius 2 is 0.683 bits per heavy atom. The second-order valence-electron chi connectivity index (χ2n) is 27.3. The third-order valence-corrected chi connectivity index (χ3v) is 160. The molecule has 0 amide bonds. The quantitative estimate of drug-likeness (QED) is 0.185. The second kappa shape index (κ2) is 18.6. The normalized spacial score (nSPS) is 19.0. The van der Waals surface area contributed by atoms with Gasteiger partial charge in [0.2, 0.25) is 0 Å². The van der Waals surface area contributed by atoms with Gasteiger partial charge in [-0.1, -0.05) is 209 Å². The van der Waals surface area contributed by atoms with Gasteiger partial charge in [0, 0.05) is 78.7 Å². The van der Waals surface area contributed by atoms with E-state index >= 15 is 0 Å². The van der Waals surface area contributed by atoms with Gasteiger partial charge in [-0.2, -0.15) is 23.5 Å². The van der Waals surface area contributed by atoms with Crippen molar-refractivity contribution in [3.63, 3.8) is 0 Å². The van der Waals surface area contributed by atoms with Gasteiger partial charge in [0.05, 0.1) is 13.3 Å². The Kier molecular flexibility index (Phi) is 17.0. The van der Waals surface area contributed by atoms with Crippen molar-refractivity contribution >= 4 is 92.7 Å². The monoisotopic (exact) mass is 993 g/mol. The molecule has 1 fully saturated rings. The Balaban J connectivity index is 2.21. The molecule has 2 nitrogen and oxygen atoms in total. The number of phenolic OH excluding ortho intramolecular Hbond substituents is 2. The topological polar surface area (TPSA) is 40.5 Å². The lowest BCUT2D eigenvalue weighted by Crippen LogP contribution is -2.88. The van der Waals surface area contributed by atoms with Crippen molar-refractivity contribution in [3.05, 3.63) is 46.5 Å². The molecule has 2 N–H and O–H groups in total. The largest absolute Gasteiger partial charge is 0.508 e. The molecule has 12 heteroatoms. The molecular weight excluding hydrogens is 897 g/mol. The van der Waals surface area contributed by atoms with Crippen LogP contribution in [0.2, 0.25) is 118 Å². The van der Waals surface area contributed by atoms with E-state index in [9.17, 15) is 10.2 Å². The number of aromatic hydroxyl groups is 2. The molecule has 0 spiro atoms. The maximum atomic E-state index is 12.8. The van der Waals surface area contributed by atoms with Crippen molar-refractivity contribution in [2.75, 3.05) is 0 Å². The minimum absolute atomic E-state index is 0.0161. The Bertz CT molecular complexity index is 1590. The van der Waals surface area contributed by atoms with Gasteiger partial charge in [0.15, 0.2) is 0 Å². The van der Waals surface area contributed by atoms with Crippen LogP contribution in [0.5, 0.6) is 11.5 Å². The molecule has 1 aliphatic carbocycles. The van der Waals surface area contributed by atoms with Crippen LogP contribution in [0.3, 0.4) is 0 Å². The highest BCUT2D eigenvalue weighted by molar-refractivity contribution is 8.03. The SMILES string of the molecule is CC(C)(C)c1cc(CS[C@H]2CCCCCC[C@@H]2SCc2cc(C(C)(C)C)cc([Si]([Si](C)(C)C)([Si](C)(C)C)[Si](C)(C)C)c2O)c(O)c([Si]([Si](C)(C)C)([Si](C)(C)C)[Si](C)(C)C)c1. The van der Waals surface area contributed by atoms with Gasteiger partial charge in [-0.05, 0) is 45.2 Å². The lowest BCUT2D eigenvalue weighted by Gasteiger charge is -2.58. The number of thioether (sulfide) groups is 2. The number of phenols is 2.